The van der Waals surface area contributed by atoms with Crippen LogP contribution >= 0.6 is 0 Å². The van der Waals surface area contributed by atoms with Crippen LogP contribution < -0.4 is 0 Å². The molecule has 1 aliphatic rings. The first-order valence-electron chi connectivity index (χ1n) is 5.57. The van der Waals surface area contributed by atoms with E-state index in [-0.39, 0.29) is 11.5 Å². The molecule has 0 unspecified atom stereocenters. The predicted octanol–water partition coefficient (Wildman–Crippen LogP) is 2.42. The number of aliphatic hydroxyl groups is 2. The molecule has 2 heteroatoms. The normalized spacial score (nSPS) is 28.5. The molecule has 0 fully saturated rings. The molecule has 0 amide bonds. The third-order valence-electron chi connectivity index (χ3n) is 3.02. The van der Waals surface area contributed by atoms with Crippen molar-refractivity contribution in [1.29, 1.82) is 0 Å². The second-order valence-corrected chi connectivity index (χ2v) is 5.24. The number of hydrogen-bond donors (Lipinski definition) is 2. The SMILES string of the molecule is CC1=C(/C=C/[C@@H](C)O)C(C)(C)C[C@H](O)C1. The maximum absolute atomic E-state index is 9.70. The average molecular weight is 210 g/mol. The lowest BCUT2D eigenvalue weighted by molar-refractivity contribution is 0.116. The van der Waals surface area contributed by atoms with Crippen LogP contribution in [-0.4, -0.2) is 22.4 Å². The lowest BCUT2D eigenvalue weighted by Gasteiger charge is -2.35. The van der Waals surface area contributed by atoms with Crippen molar-refractivity contribution >= 4 is 0 Å². The molecule has 15 heavy (non-hydrogen) atoms. The fourth-order valence-corrected chi connectivity index (χ4v) is 2.42. The minimum atomic E-state index is -0.409. The maximum Gasteiger partial charge on any atom is 0.0695 e. The summed E-state index contributed by atoms with van der Waals surface area (Å²) in [4.78, 5) is 0. The Bertz CT molecular complexity index is 285. The first-order chi connectivity index (χ1) is 6.83. The van der Waals surface area contributed by atoms with Crippen LogP contribution in [0.2, 0.25) is 0 Å². The van der Waals surface area contributed by atoms with Gasteiger partial charge in [-0.1, -0.05) is 31.6 Å². The van der Waals surface area contributed by atoms with Gasteiger partial charge in [0.25, 0.3) is 0 Å². The molecule has 1 aliphatic carbocycles. The lowest BCUT2D eigenvalue weighted by Crippen LogP contribution is -2.28. The Morgan fingerprint density at radius 3 is 2.53 bits per heavy atom. The van der Waals surface area contributed by atoms with Crippen LogP contribution in [0.15, 0.2) is 23.3 Å². The molecule has 0 radical (unpaired) electrons. The van der Waals surface area contributed by atoms with Crippen molar-refractivity contribution in [3.05, 3.63) is 23.3 Å². The monoisotopic (exact) mass is 210 g/mol. The molecule has 0 aliphatic heterocycles. The van der Waals surface area contributed by atoms with Gasteiger partial charge in [0.2, 0.25) is 0 Å². The Balaban J connectivity index is 2.96. The topological polar surface area (TPSA) is 40.5 Å². The summed E-state index contributed by atoms with van der Waals surface area (Å²) in [5.41, 5.74) is 2.50. The van der Waals surface area contributed by atoms with Crippen molar-refractivity contribution in [2.24, 2.45) is 5.41 Å². The fourth-order valence-electron chi connectivity index (χ4n) is 2.42. The summed E-state index contributed by atoms with van der Waals surface area (Å²) in [6.45, 7) is 8.09. The highest BCUT2D eigenvalue weighted by atomic mass is 16.3. The van der Waals surface area contributed by atoms with Crippen LogP contribution in [0.5, 0.6) is 0 Å². The van der Waals surface area contributed by atoms with Crippen LogP contribution in [0.1, 0.15) is 40.5 Å². The Morgan fingerprint density at radius 2 is 2.07 bits per heavy atom. The largest absolute Gasteiger partial charge is 0.393 e. The van der Waals surface area contributed by atoms with Crippen molar-refractivity contribution in [2.75, 3.05) is 0 Å². The fraction of sp³-hybridized carbons (Fsp3) is 0.692. The zero-order valence-corrected chi connectivity index (χ0v) is 10.1. The van der Waals surface area contributed by atoms with E-state index in [0.717, 1.165) is 12.8 Å². The Kier molecular flexibility index (Phi) is 3.74. The summed E-state index contributed by atoms with van der Waals surface area (Å²) in [5.74, 6) is 0. The molecule has 0 saturated carbocycles. The summed E-state index contributed by atoms with van der Waals surface area (Å²) in [5, 5.41) is 18.9. The Labute approximate surface area is 92.3 Å². The van der Waals surface area contributed by atoms with Gasteiger partial charge in [0.1, 0.15) is 0 Å². The molecule has 86 valence electrons. The number of aliphatic hydroxyl groups excluding tert-OH is 2. The molecule has 0 aromatic heterocycles. The number of hydrogen-bond acceptors (Lipinski definition) is 2. The highest BCUT2D eigenvalue weighted by Gasteiger charge is 2.31. The van der Waals surface area contributed by atoms with E-state index in [9.17, 15) is 10.2 Å². The molecule has 2 nitrogen and oxygen atoms in total. The van der Waals surface area contributed by atoms with Crippen molar-refractivity contribution in [2.45, 2.75) is 52.7 Å². The third-order valence-corrected chi connectivity index (χ3v) is 3.02. The van der Waals surface area contributed by atoms with Crippen LogP contribution in [0.3, 0.4) is 0 Å². The summed E-state index contributed by atoms with van der Waals surface area (Å²) >= 11 is 0. The van der Waals surface area contributed by atoms with Crippen molar-refractivity contribution < 1.29 is 10.2 Å². The van der Waals surface area contributed by atoms with Crippen molar-refractivity contribution in [3.8, 4) is 0 Å². The van der Waals surface area contributed by atoms with E-state index >= 15 is 0 Å². The van der Waals surface area contributed by atoms with Crippen molar-refractivity contribution in [1.82, 2.24) is 0 Å². The number of allylic oxidation sites excluding steroid dienone is 2. The minimum Gasteiger partial charge on any atom is -0.393 e. The van der Waals surface area contributed by atoms with Gasteiger partial charge in [-0.2, -0.15) is 0 Å². The maximum atomic E-state index is 9.70. The summed E-state index contributed by atoms with van der Waals surface area (Å²) < 4.78 is 0. The Hall–Kier alpha value is -0.600. The molecule has 0 heterocycles. The Morgan fingerprint density at radius 1 is 1.47 bits per heavy atom. The molecule has 2 N–H and O–H groups in total. The molecule has 0 bridgehead atoms. The van der Waals surface area contributed by atoms with E-state index in [1.54, 1.807) is 13.0 Å². The van der Waals surface area contributed by atoms with E-state index in [1.807, 2.05) is 6.08 Å². The highest BCUT2D eigenvalue weighted by molar-refractivity contribution is 5.33. The quantitative estimate of drug-likeness (QED) is 0.735. The molecule has 0 aromatic rings. The van der Waals surface area contributed by atoms with Crippen LogP contribution in [-0.2, 0) is 0 Å². The summed E-state index contributed by atoms with van der Waals surface area (Å²) in [6, 6.07) is 0. The van der Waals surface area contributed by atoms with Gasteiger partial charge in [0.05, 0.1) is 12.2 Å². The van der Waals surface area contributed by atoms with E-state index in [2.05, 4.69) is 20.8 Å². The van der Waals surface area contributed by atoms with Crippen LogP contribution in [0.25, 0.3) is 0 Å². The van der Waals surface area contributed by atoms with E-state index < -0.39 is 6.10 Å². The second-order valence-electron chi connectivity index (χ2n) is 5.24. The molecule has 0 spiro atoms. The minimum absolute atomic E-state index is 0.00708. The molecule has 1 rings (SSSR count). The second kappa shape index (κ2) is 4.50. The molecular formula is C13H22O2. The van der Waals surface area contributed by atoms with E-state index in [1.165, 1.54) is 11.1 Å². The molecule has 0 saturated heterocycles. The standard InChI is InChI=1S/C13H22O2/c1-9-7-11(15)8-13(3,4)12(9)6-5-10(2)14/h5-6,10-11,14-15H,7-8H2,1-4H3/b6-5+/t10-,11-/m1/s1. The van der Waals surface area contributed by atoms with E-state index in [0.29, 0.717) is 0 Å². The zero-order chi connectivity index (χ0) is 11.6. The summed E-state index contributed by atoms with van der Waals surface area (Å²) in [6.07, 6.45) is 4.73. The van der Waals surface area contributed by atoms with Gasteiger partial charge in [-0.15, -0.1) is 0 Å². The van der Waals surface area contributed by atoms with Gasteiger partial charge in [0.15, 0.2) is 0 Å². The van der Waals surface area contributed by atoms with Crippen LogP contribution in [0, 0.1) is 5.41 Å². The smallest absolute Gasteiger partial charge is 0.0695 e. The van der Waals surface area contributed by atoms with Crippen LogP contribution in [0.4, 0.5) is 0 Å². The third kappa shape index (κ3) is 3.18. The van der Waals surface area contributed by atoms with Gasteiger partial charge in [-0.05, 0) is 37.7 Å². The van der Waals surface area contributed by atoms with Crippen molar-refractivity contribution in [3.63, 3.8) is 0 Å². The molecular weight excluding hydrogens is 188 g/mol. The van der Waals surface area contributed by atoms with Gasteiger partial charge < -0.3 is 10.2 Å². The predicted molar refractivity (Wildman–Crippen MR) is 62.5 cm³/mol. The number of rotatable bonds is 2. The van der Waals surface area contributed by atoms with E-state index in [4.69, 9.17) is 0 Å². The molecule has 2 atom stereocenters. The van der Waals surface area contributed by atoms with Gasteiger partial charge in [-0.3, -0.25) is 0 Å². The average Bonchev–Trinajstić information content (AvgIpc) is 1.98. The summed E-state index contributed by atoms with van der Waals surface area (Å²) in [7, 11) is 0. The first kappa shape index (κ1) is 12.5. The first-order valence-corrected chi connectivity index (χ1v) is 5.57. The zero-order valence-electron chi connectivity index (χ0n) is 10.1. The van der Waals surface area contributed by atoms with Gasteiger partial charge in [0, 0.05) is 0 Å². The molecule has 0 aromatic carbocycles. The van der Waals surface area contributed by atoms with Gasteiger partial charge in [-0.25, -0.2) is 0 Å². The lowest BCUT2D eigenvalue weighted by atomic mass is 9.71. The van der Waals surface area contributed by atoms with Gasteiger partial charge >= 0.3 is 0 Å². The highest BCUT2D eigenvalue weighted by Crippen LogP contribution is 2.40.